The molecule has 0 fully saturated rings. The van der Waals surface area contributed by atoms with Crippen molar-refractivity contribution in [2.24, 2.45) is 0 Å². The minimum atomic E-state index is -0.915. The summed E-state index contributed by atoms with van der Waals surface area (Å²) in [6.07, 6.45) is 5.15. The lowest BCUT2D eigenvalue weighted by atomic mass is 10.2. The molecule has 0 aliphatic heterocycles. The van der Waals surface area contributed by atoms with E-state index in [1.807, 2.05) is 6.55 Å². The molecule has 1 N–H and O–H groups in total. The normalized spacial score (nSPS) is 10.7. The summed E-state index contributed by atoms with van der Waals surface area (Å²) in [4.78, 5) is 8.95. The van der Waals surface area contributed by atoms with Gasteiger partial charge in [-0.2, -0.15) is 0 Å². The van der Waals surface area contributed by atoms with Gasteiger partial charge < -0.3 is 4.80 Å². The van der Waals surface area contributed by atoms with Crippen molar-refractivity contribution in [3.8, 4) is 0 Å². The summed E-state index contributed by atoms with van der Waals surface area (Å²) in [5, 5.41) is 0. The molecular formula is C7H17OSi. The van der Waals surface area contributed by atoms with Gasteiger partial charge >= 0.3 is 0 Å². The molecule has 0 aromatic rings. The van der Waals surface area contributed by atoms with E-state index in [4.69, 9.17) is 4.80 Å². The molecule has 0 amide bonds. The maximum atomic E-state index is 8.95. The molecule has 0 aliphatic carbocycles. The van der Waals surface area contributed by atoms with Gasteiger partial charge in [0.05, 0.1) is 0 Å². The minimum absolute atomic E-state index is 0.915. The summed E-state index contributed by atoms with van der Waals surface area (Å²) >= 11 is 0. The molecule has 1 radical (unpaired) electrons. The summed E-state index contributed by atoms with van der Waals surface area (Å²) < 4.78 is 0. The van der Waals surface area contributed by atoms with Gasteiger partial charge in [-0.05, 0) is 12.6 Å². The van der Waals surface area contributed by atoms with Crippen molar-refractivity contribution in [1.82, 2.24) is 0 Å². The SMILES string of the molecule is CCCCCC[Si](C)O. The fourth-order valence-electron chi connectivity index (χ4n) is 0.808. The molecule has 2 heteroatoms. The van der Waals surface area contributed by atoms with Crippen molar-refractivity contribution in [2.75, 3.05) is 0 Å². The van der Waals surface area contributed by atoms with Crippen LogP contribution in [0.4, 0.5) is 0 Å². The number of hydrogen-bond donors (Lipinski definition) is 1. The molecule has 0 rings (SSSR count). The monoisotopic (exact) mass is 145 g/mol. The largest absolute Gasteiger partial charge is 0.432 e. The molecule has 9 heavy (non-hydrogen) atoms. The van der Waals surface area contributed by atoms with Crippen molar-refractivity contribution < 1.29 is 4.80 Å². The van der Waals surface area contributed by atoms with Gasteiger partial charge in [0.15, 0.2) is 0 Å². The maximum Gasteiger partial charge on any atom is 0.203 e. The molecule has 0 saturated carbocycles. The second-order valence-corrected chi connectivity index (χ2v) is 4.52. The predicted molar refractivity (Wildman–Crippen MR) is 42.8 cm³/mol. The van der Waals surface area contributed by atoms with E-state index in [-0.39, 0.29) is 0 Å². The minimum Gasteiger partial charge on any atom is -0.432 e. The van der Waals surface area contributed by atoms with Crippen LogP contribution in [0.1, 0.15) is 32.6 Å². The van der Waals surface area contributed by atoms with Crippen LogP contribution in [0.15, 0.2) is 0 Å². The van der Waals surface area contributed by atoms with Crippen LogP contribution >= 0.6 is 0 Å². The van der Waals surface area contributed by atoms with E-state index in [1.54, 1.807) is 0 Å². The Morgan fingerprint density at radius 3 is 2.33 bits per heavy atom. The molecule has 0 spiro atoms. The van der Waals surface area contributed by atoms with E-state index in [0.29, 0.717) is 0 Å². The predicted octanol–water partition coefficient (Wildman–Crippen LogP) is 2.18. The van der Waals surface area contributed by atoms with Crippen LogP contribution in [0.5, 0.6) is 0 Å². The molecule has 0 aromatic heterocycles. The van der Waals surface area contributed by atoms with Gasteiger partial charge in [0.25, 0.3) is 0 Å². The van der Waals surface area contributed by atoms with Crippen LogP contribution in [-0.4, -0.2) is 13.8 Å². The highest BCUT2D eigenvalue weighted by Gasteiger charge is 1.97. The van der Waals surface area contributed by atoms with Gasteiger partial charge in [0.1, 0.15) is 0 Å². The van der Waals surface area contributed by atoms with Crippen molar-refractivity contribution in [1.29, 1.82) is 0 Å². The fourth-order valence-corrected chi connectivity index (χ4v) is 1.57. The molecule has 0 aliphatic rings. The Morgan fingerprint density at radius 1 is 1.22 bits per heavy atom. The van der Waals surface area contributed by atoms with Crippen molar-refractivity contribution >= 4 is 9.04 Å². The lowest BCUT2D eigenvalue weighted by Gasteiger charge is -1.98. The third-order valence-electron chi connectivity index (χ3n) is 1.39. The average molecular weight is 145 g/mol. The van der Waals surface area contributed by atoms with E-state index in [9.17, 15) is 0 Å². The average Bonchev–Trinajstić information content (AvgIpc) is 1.80. The van der Waals surface area contributed by atoms with E-state index in [1.165, 1.54) is 25.7 Å². The highest BCUT2D eigenvalue weighted by atomic mass is 28.3. The Morgan fingerprint density at radius 2 is 1.89 bits per heavy atom. The third kappa shape index (κ3) is 8.18. The van der Waals surface area contributed by atoms with Gasteiger partial charge in [0, 0.05) is 0 Å². The molecule has 0 aromatic carbocycles. The molecule has 1 nitrogen and oxygen atoms in total. The van der Waals surface area contributed by atoms with Gasteiger partial charge in [-0.1, -0.05) is 32.6 Å². The Bertz CT molecular complexity index is 54.9. The Labute approximate surface area is 59.8 Å². The van der Waals surface area contributed by atoms with E-state index in [2.05, 4.69) is 6.92 Å². The van der Waals surface area contributed by atoms with Crippen LogP contribution in [-0.2, 0) is 0 Å². The fraction of sp³-hybridized carbons (Fsp3) is 1.00. The van der Waals surface area contributed by atoms with Gasteiger partial charge in [-0.15, -0.1) is 0 Å². The van der Waals surface area contributed by atoms with Crippen molar-refractivity contribution in [3.05, 3.63) is 0 Å². The van der Waals surface area contributed by atoms with Crippen LogP contribution < -0.4 is 0 Å². The Balaban J connectivity index is 2.75. The zero-order valence-electron chi connectivity index (χ0n) is 6.48. The third-order valence-corrected chi connectivity index (χ3v) is 2.47. The van der Waals surface area contributed by atoms with Crippen molar-refractivity contribution in [2.45, 2.75) is 45.2 Å². The second kappa shape index (κ2) is 6.30. The van der Waals surface area contributed by atoms with Crippen LogP contribution in [0, 0.1) is 0 Å². The summed E-state index contributed by atoms with van der Waals surface area (Å²) in [6, 6.07) is 1.07. The lowest BCUT2D eigenvalue weighted by molar-refractivity contribution is 0.566. The molecule has 55 valence electrons. The number of unbranched alkanes of at least 4 members (excludes halogenated alkanes) is 3. The smallest absolute Gasteiger partial charge is 0.203 e. The van der Waals surface area contributed by atoms with Crippen LogP contribution in [0.3, 0.4) is 0 Å². The van der Waals surface area contributed by atoms with Crippen LogP contribution in [0.2, 0.25) is 12.6 Å². The van der Waals surface area contributed by atoms with Gasteiger partial charge in [-0.25, -0.2) is 0 Å². The van der Waals surface area contributed by atoms with Crippen LogP contribution in [0.25, 0.3) is 0 Å². The summed E-state index contributed by atoms with van der Waals surface area (Å²) in [5.41, 5.74) is 0. The quantitative estimate of drug-likeness (QED) is 0.464. The highest BCUT2D eigenvalue weighted by molar-refractivity contribution is 6.48. The van der Waals surface area contributed by atoms with Crippen molar-refractivity contribution in [3.63, 3.8) is 0 Å². The van der Waals surface area contributed by atoms with E-state index in [0.717, 1.165) is 6.04 Å². The first-order valence-corrected chi connectivity index (χ1v) is 5.94. The Hall–Kier alpha value is 0.177. The second-order valence-electron chi connectivity index (χ2n) is 2.55. The maximum absolute atomic E-state index is 8.95. The summed E-state index contributed by atoms with van der Waals surface area (Å²) in [6.45, 7) is 4.16. The van der Waals surface area contributed by atoms with Gasteiger partial charge in [-0.3, -0.25) is 0 Å². The van der Waals surface area contributed by atoms with E-state index < -0.39 is 9.04 Å². The summed E-state index contributed by atoms with van der Waals surface area (Å²) in [7, 11) is -0.915. The highest BCUT2D eigenvalue weighted by Crippen LogP contribution is 2.03. The molecule has 0 atom stereocenters. The topological polar surface area (TPSA) is 20.2 Å². The molecule has 0 saturated heterocycles. The zero-order valence-corrected chi connectivity index (χ0v) is 7.48. The first kappa shape index (κ1) is 9.18. The standard InChI is InChI=1S/C7H17OSi/c1-3-4-5-6-7-9(2)8/h8H,3-7H2,1-2H3. The number of hydrogen-bond acceptors (Lipinski definition) is 1. The first-order valence-electron chi connectivity index (χ1n) is 3.78. The molecule has 0 bridgehead atoms. The van der Waals surface area contributed by atoms with Gasteiger partial charge in [0.2, 0.25) is 9.04 Å². The lowest BCUT2D eigenvalue weighted by Crippen LogP contribution is -2.03. The Kier molecular flexibility index (Phi) is 6.42. The molecular weight excluding hydrogens is 128 g/mol. The zero-order chi connectivity index (χ0) is 7.11. The molecule has 0 heterocycles. The number of rotatable bonds is 5. The molecule has 0 unspecified atom stereocenters. The first-order chi connectivity index (χ1) is 4.27. The van der Waals surface area contributed by atoms with E-state index >= 15 is 0 Å². The summed E-state index contributed by atoms with van der Waals surface area (Å²) in [5.74, 6) is 0.